The lowest BCUT2D eigenvalue weighted by atomic mass is 9.84. The first-order chi connectivity index (χ1) is 7.38. The van der Waals surface area contributed by atoms with Gasteiger partial charge in [-0.05, 0) is 30.4 Å². The number of nitrogens with one attached hydrogen (secondary N) is 1. The molecule has 1 aliphatic rings. The average Bonchev–Trinajstić information content (AvgIpc) is 2.15. The molecule has 0 spiro atoms. The predicted octanol–water partition coefficient (Wildman–Crippen LogP) is 3.22. The minimum absolute atomic E-state index is 0.137. The number of rotatable bonds is 0. The minimum atomic E-state index is -0.325. The molecule has 0 saturated heterocycles. The molecule has 0 aromatic heterocycles. The van der Waals surface area contributed by atoms with Crippen LogP contribution in [0, 0.1) is 0 Å². The monoisotopic (exact) mass is 219 g/mol. The number of benzene rings is 1. The highest BCUT2D eigenvalue weighted by atomic mass is 16.3. The van der Waals surface area contributed by atoms with Gasteiger partial charge >= 0.3 is 0 Å². The Balaban J connectivity index is 2.42. The van der Waals surface area contributed by atoms with Crippen molar-refractivity contribution in [2.45, 2.75) is 51.7 Å². The van der Waals surface area contributed by atoms with Crippen LogP contribution in [0.2, 0.25) is 0 Å². The lowest BCUT2D eigenvalue weighted by molar-refractivity contribution is 0.158. The highest BCUT2D eigenvalue weighted by molar-refractivity contribution is 5.57. The topological polar surface area (TPSA) is 32.3 Å². The van der Waals surface area contributed by atoms with E-state index in [-0.39, 0.29) is 11.5 Å². The molecule has 2 unspecified atom stereocenters. The smallest absolute Gasteiger partial charge is 0.0829 e. The van der Waals surface area contributed by atoms with Crippen LogP contribution in [0.15, 0.2) is 18.2 Å². The van der Waals surface area contributed by atoms with Gasteiger partial charge in [-0.25, -0.2) is 0 Å². The molecule has 0 aliphatic carbocycles. The van der Waals surface area contributed by atoms with Gasteiger partial charge in [0.2, 0.25) is 0 Å². The lowest BCUT2D eigenvalue weighted by Crippen LogP contribution is -2.26. The van der Waals surface area contributed by atoms with Gasteiger partial charge in [0.15, 0.2) is 0 Å². The van der Waals surface area contributed by atoms with E-state index in [1.165, 1.54) is 5.56 Å². The molecule has 1 aromatic carbocycles. The summed E-state index contributed by atoms with van der Waals surface area (Å²) in [5, 5.41) is 13.5. The van der Waals surface area contributed by atoms with Crippen molar-refractivity contribution < 1.29 is 5.11 Å². The Hall–Kier alpha value is -1.02. The van der Waals surface area contributed by atoms with Crippen LogP contribution >= 0.6 is 0 Å². The molecule has 1 aliphatic heterocycles. The molecular formula is C14H21NO. The first-order valence-electron chi connectivity index (χ1n) is 5.97. The molecule has 2 N–H and O–H groups in total. The van der Waals surface area contributed by atoms with Gasteiger partial charge in [0.25, 0.3) is 0 Å². The Morgan fingerprint density at radius 3 is 2.62 bits per heavy atom. The second kappa shape index (κ2) is 3.77. The second-order valence-corrected chi connectivity index (χ2v) is 5.85. The van der Waals surface area contributed by atoms with E-state index in [0.29, 0.717) is 6.04 Å². The van der Waals surface area contributed by atoms with Crippen molar-refractivity contribution in [3.05, 3.63) is 29.3 Å². The molecule has 0 bridgehead atoms. The number of hydrogen-bond acceptors (Lipinski definition) is 2. The van der Waals surface area contributed by atoms with Crippen molar-refractivity contribution in [1.82, 2.24) is 0 Å². The van der Waals surface area contributed by atoms with Crippen molar-refractivity contribution in [2.24, 2.45) is 0 Å². The summed E-state index contributed by atoms with van der Waals surface area (Å²) in [6, 6.07) is 6.73. The first kappa shape index (κ1) is 11.5. The van der Waals surface area contributed by atoms with Crippen LogP contribution in [0.25, 0.3) is 0 Å². The molecule has 2 atom stereocenters. The highest BCUT2D eigenvalue weighted by Crippen LogP contribution is 2.35. The van der Waals surface area contributed by atoms with Crippen molar-refractivity contribution in [3.63, 3.8) is 0 Å². The maximum Gasteiger partial charge on any atom is 0.0829 e. The molecule has 2 nitrogen and oxygen atoms in total. The van der Waals surface area contributed by atoms with Crippen LogP contribution in [0.3, 0.4) is 0 Å². The van der Waals surface area contributed by atoms with E-state index in [4.69, 9.17) is 0 Å². The van der Waals surface area contributed by atoms with Crippen LogP contribution in [-0.2, 0) is 5.41 Å². The van der Waals surface area contributed by atoms with Crippen LogP contribution in [0.4, 0.5) is 5.69 Å². The summed E-state index contributed by atoms with van der Waals surface area (Å²) < 4.78 is 0. The third-order valence-corrected chi connectivity index (χ3v) is 3.26. The second-order valence-electron chi connectivity index (χ2n) is 5.85. The Morgan fingerprint density at radius 2 is 2.00 bits per heavy atom. The largest absolute Gasteiger partial charge is 0.388 e. The maximum atomic E-state index is 10.1. The fourth-order valence-corrected chi connectivity index (χ4v) is 2.22. The van der Waals surface area contributed by atoms with Crippen LogP contribution < -0.4 is 5.32 Å². The van der Waals surface area contributed by atoms with Gasteiger partial charge in [-0.3, -0.25) is 0 Å². The Kier molecular flexibility index (Phi) is 2.70. The number of fused-ring (bicyclic) bond motifs is 1. The quantitative estimate of drug-likeness (QED) is 0.702. The van der Waals surface area contributed by atoms with Gasteiger partial charge in [0.1, 0.15) is 0 Å². The maximum absolute atomic E-state index is 10.1. The standard InChI is InChI=1S/C14H21NO/c1-9-7-13(16)11-8-10(14(2,3)4)5-6-12(11)15-9/h5-6,8-9,13,15-16H,7H2,1-4H3. The molecule has 16 heavy (non-hydrogen) atoms. The van der Waals surface area contributed by atoms with Crippen LogP contribution in [0.5, 0.6) is 0 Å². The summed E-state index contributed by atoms with van der Waals surface area (Å²) in [7, 11) is 0. The van der Waals surface area contributed by atoms with Crippen molar-refractivity contribution in [2.75, 3.05) is 5.32 Å². The van der Waals surface area contributed by atoms with Crippen LogP contribution in [0.1, 0.15) is 51.3 Å². The van der Waals surface area contributed by atoms with Crippen molar-refractivity contribution >= 4 is 5.69 Å². The van der Waals surface area contributed by atoms with E-state index >= 15 is 0 Å². The normalized spacial score (nSPS) is 24.8. The molecule has 0 saturated carbocycles. The molecule has 1 aromatic rings. The zero-order chi connectivity index (χ0) is 11.9. The number of aliphatic hydroxyl groups excluding tert-OH is 1. The molecule has 0 radical (unpaired) electrons. The zero-order valence-corrected chi connectivity index (χ0v) is 10.5. The highest BCUT2D eigenvalue weighted by Gasteiger charge is 2.24. The molecule has 0 fully saturated rings. The van der Waals surface area contributed by atoms with Crippen molar-refractivity contribution in [1.29, 1.82) is 0 Å². The molecule has 1 heterocycles. The van der Waals surface area contributed by atoms with Gasteiger partial charge in [-0.2, -0.15) is 0 Å². The molecule has 0 amide bonds. The Labute approximate surface area is 97.7 Å². The summed E-state index contributed by atoms with van der Waals surface area (Å²) in [6.45, 7) is 8.68. The summed E-state index contributed by atoms with van der Waals surface area (Å²) >= 11 is 0. The summed E-state index contributed by atoms with van der Waals surface area (Å²) in [5.74, 6) is 0. The van der Waals surface area contributed by atoms with E-state index < -0.39 is 0 Å². The average molecular weight is 219 g/mol. The fourth-order valence-electron chi connectivity index (χ4n) is 2.22. The molecule has 88 valence electrons. The third kappa shape index (κ3) is 2.07. The molecular weight excluding hydrogens is 198 g/mol. The molecule has 2 heteroatoms. The third-order valence-electron chi connectivity index (χ3n) is 3.26. The Morgan fingerprint density at radius 1 is 1.31 bits per heavy atom. The van der Waals surface area contributed by atoms with Gasteiger partial charge in [0, 0.05) is 17.3 Å². The van der Waals surface area contributed by atoms with E-state index in [2.05, 4.69) is 51.2 Å². The van der Waals surface area contributed by atoms with Gasteiger partial charge in [-0.15, -0.1) is 0 Å². The van der Waals surface area contributed by atoms with Gasteiger partial charge < -0.3 is 10.4 Å². The van der Waals surface area contributed by atoms with Gasteiger partial charge in [0.05, 0.1) is 6.10 Å². The number of aliphatic hydroxyl groups is 1. The minimum Gasteiger partial charge on any atom is -0.388 e. The summed E-state index contributed by atoms with van der Waals surface area (Å²) in [6.07, 6.45) is 0.467. The fraction of sp³-hybridized carbons (Fsp3) is 0.571. The van der Waals surface area contributed by atoms with Crippen molar-refractivity contribution in [3.8, 4) is 0 Å². The van der Waals surface area contributed by atoms with E-state index in [0.717, 1.165) is 17.7 Å². The number of hydrogen-bond donors (Lipinski definition) is 2. The molecule has 2 rings (SSSR count). The Bertz CT molecular complexity index is 392. The first-order valence-corrected chi connectivity index (χ1v) is 5.97. The summed E-state index contributed by atoms with van der Waals surface area (Å²) in [4.78, 5) is 0. The van der Waals surface area contributed by atoms with E-state index in [1.807, 2.05) is 0 Å². The SMILES string of the molecule is CC1CC(O)c2cc(C(C)(C)C)ccc2N1. The van der Waals surface area contributed by atoms with Gasteiger partial charge in [-0.1, -0.05) is 32.9 Å². The zero-order valence-electron chi connectivity index (χ0n) is 10.5. The summed E-state index contributed by atoms with van der Waals surface area (Å²) in [5.41, 5.74) is 3.55. The van der Waals surface area contributed by atoms with E-state index in [1.54, 1.807) is 0 Å². The lowest BCUT2D eigenvalue weighted by Gasteiger charge is -2.30. The van der Waals surface area contributed by atoms with Crippen LogP contribution in [-0.4, -0.2) is 11.1 Å². The van der Waals surface area contributed by atoms with E-state index in [9.17, 15) is 5.11 Å². The number of anilines is 1. The predicted molar refractivity (Wildman–Crippen MR) is 67.8 cm³/mol.